The van der Waals surface area contributed by atoms with Crippen molar-refractivity contribution in [2.45, 2.75) is 44.9 Å². The molecule has 2 fully saturated rings. The Balaban J connectivity index is 1.32. The average molecular weight is 415 g/mol. The van der Waals surface area contributed by atoms with Gasteiger partial charge in [-0.25, -0.2) is 0 Å². The predicted molar refractivity (Wildman–Crippen MR) is 109 cm³/mol. The van der Waals surface area contributed by atoms with Gasteiger partial charge in [0.25, 0.3) is 0 Å². The predicted octanol–water partition coefficient (Wildman–Crippen LogP) is 1.47. The molecule has 0 amide bonds. The van der Waals surface area contributed by atoms with Gasteiger partial charge in [-0.3, -0.25) is 19.4 Å². The number of morpholine rings is 2. The number of unbranched alkanes of at least 4 members (excludes halogenated alkanes) is 4. The number of rotatable bonds is 14. The van der Waals surface area contributed by atoms with Gasteiger partial charge in [0, 0.05) is 52.1 Å². The third-order valence-electron chi connectivity index (χ3n) is 5.31. The molecule has 0 aliphatic carbocycles. The molecule has 0 unspecified atom stereocenters. The number of nitrogens with zero attached hydrogens (tertiary/aromatic N) is 2. The smallest absolute Gasteiger partial charge is 0.305 e. The molecule has 0 radical (unpaired) electrons. The SMILES string of the molecule is O=C(CCCCCCCC(=O)OCCN1CCOCC1)OCCN1CCOCC1. The van der Waals surface area contributed by atoms with Crippen molar-refractivity contribution < 1.29 is 28.5 Å². The van der Waals surface area contributed by atoms with Gasteiger partial charge in [0.15, 0.2) is 0 Å². The van der Waals surface area contributed by atoms with Crippen LogP contribution in [0.25, 0.3) is 0 Å². The van der Waals surface area contributed by atoms with Crippen molar-refractivity contribution >= 4 is 11.9 Å². The number of carbonyl (C=O) groups is 2. The van der Waals surface area contributed by atoms with E-state index in [0.717, 1.165) is 97.8 Å². The van der Waals surface area contributed by atoms with Crippen LogP contribution in [0.3, 0.4) is 0 Å². The lowest BCUT2D eigenvalue weighted by Crippen LogP contribution is -2.38. The highest BCUT2D eigenvalue weighted by Crippen LogP contribution is 2.09. The first-order valence-electron chi connectivity index (χ1n) is 11.2. The summed E-state index contributed by atoms with van der Waals surface area (Å²) in [6, 6.07) is 0. The second-order valence-electron chi connectivity index (χ2n) is 7.62. The molecule has 0 aromatic heterocycles. The van der Waals surface area contributed by atoms with Crippen molar-refractivity contribution in [2.75, 3.05) is 78.9 Å². The molecule has 0 spiro atoms. The van der Waals surface area contributed by atoms with E-state index in [-0.39, 0.29) is 11.9 Å². The highest BCUT2D eigenvalue weighted by Gasteiger charge is 2.12. The molecule has 0 aromatic carbocycles. The standard InChI is InChI=1S/C21H38N2O6/c24-20(28-18-12-22-8-14-26-15-9-22)6-4-2-1-3-5-7-21(25)29-19-13-23-10-16-27-17-11-23/h1-19H2. The Morgan fingerprint density at radius 3 is 1.41 bits per heavy atom. The van der Waals surface area contributed by atoms with Gasteiger partial charge in [0.05, 0.1) is 26.4 Å². The van der Waals surface area contributed by atoms with Crippen molar-refractivity contribution in [3.05, 3.63) is 0 Å². The van der Waals surface area contributed by atoms with Crippen molar-refractivity contribution in [3.8, 4) is 0 Å². The number of carbonyl (C=O) groups excluding carboxylic acids is 2. The molecule has 2 saturated heterocycles. The van der Waals surface area contributed by atoms with E-state index < -0.39 is 0 Å². The Kier molecular flexibility index (Phi) is 12.9. The van der Waals surface area contributed by atoms with Crippen LogP contribution in [0, 0.1) is 0 Å². The molecular weight excluding hydrogens is 376 g/mol. The lowest BCUT2D eigenvalue weighted by molar-refractivity contribution is -0.145. The van der Waals surface area contributed by atoms with Crippen LogP contribution in [0.15, 0.2) is 0 Å². The number of hydrogen-bond donors (Lipinski definition) is 0. The van der Waals surface area contributed by atoms with E-state index in [1.807, 2.05) is 0 Å². The van der Waals surface area contributed by atoms with E-state index in [1.165, 1.54) is 0 Å². The van der Waals surface area contributed by atoms with Crippen molar-refractivity contribution in [1.82, 2.24) is 9.80 Å². The quantitative estimate of drug-likeness (QED) is 0.312. The average Bonchev–Trinajstić information content (AvgIpc) is 2.74. The second kappa shape index (κ2) is 15.6. The molecule has 168 valence electrons. The minimum Gasteiger partial charge on any atom is -0.464 e. The Labute approximate surface area is 174 Å². The van der Waals surface area contributed by atoms with Gasteiger partial charge in [-0.2, -0.15) is 0 Å². The molecule has 0 saturated carbocycles. The summed E-state index contributed by atoms with van der Waals surface area (Å²) in [5.74, 6) is -0.218. The van der Waals surface area contributed by atoms with Gasteiger partial charge < -0.3 is 18.9 Å². The molecule has 29 heavy (non-hydrogen) atoms. The van der Waals surface area contributed by atoms with E-state index >= 15 is 0 Å². The van der Waals surface area contributed by atoms with Crippen LogP contribution in [0.5, 0.6) is 0 Å². The van der Waals surface area contributed by atoms with Crippen LogP contribution in [-0.2, 0) is 28.5 Å². The highest BCUT2D eigenvalue weighted by atomic mass is 16.5. The van der Waals surface area contributed by atoms with E-state index in [0.29, 0.717) is 26.1 Å². The van der Waals surface area contributed by atoms with Crippen molar-refractivity contribution in [1.29, 1.82) is 0 Å². The van der Waals surface area contributed by atoms with Crippen LogP contribution in [-0.4, -0.2) is 101 Å². The zero-order valence-electron chi connectivity index (χ0n) is 17.8. The number of esters is 2. The molecule has 0 aromatic rings. The third kappa shape index (κ3) is 12.2. The van der Waals surface area contributed by atoms with Gasteiger partial charge in [-0.1, -0.05) is 19.3 Å². The molecule has 8 heteroatoms. The van der Waals surface area contributed by atoms with E-state index in [9.17, 15) is 9.59 Å². The molecule has 8 nitrogen and oxygen atoms in total. The monoisotopic (exact) mass is 414 g/mol. The fourth-order valence-electron chi connectivity index (χ4n) is 3.44. The van der Waals surface area contributed by atoms with E-state index in [2.05, 4.69) is 9.80 Å². The Hall–Kier alpha value is -1.22. The zero-order chi connectivity index (χ0) is 20.6. The minimum atomic E-state index is -0.109. The van der Waals surface area contributed by atoms with Crippen LogP contribution in [0.1, 0.15) is 44.9 Å². The Morgan fingerprint density at radius 2 is 1.00 bits per heavy atom. The highest BCUT2D eigenvalue weighted by molar-refractivity contribution is 5.69. The second-order valence-corrected chi connectivity index (χ2v) is 7.62. The van der Waals surface area contributed by atoms with Crippen molar-refractivity contribution in [2.24, 2.45) is 0 Å². The first-order chi connectivity index (χ1) is 14.2. The summed E-state index contributed by atoms with van der Waals surface area (Å²) in [4.78, 5) is 28.0. The van der Waals surface area contributed by atoms with Crippen LogP contribution < -0.4 is 0 Å². The Morgan fingerprint density at radius 1 is 0.621 bits per heavy atom. The molecule has 2 heterocycles. The van der Waals surface area contributed by atoms with Crippen LogP contribution in [0.4, 0.5) is 0 Å². The number of hydrogen-bond acceptors (Lipinski definition) is 8. The molecule has 2 rings (SSSR count). The van der Waals surface area contributed by atoms with Crippen molar-refractivity contribution in [3.63, 3.8) is 0 Å². The maximum absolute atomic E-state index is 11.7. The summed E-state index contributed by atoms with van der Waals surface area (Å²) in [7, 11) is 0. The minimum absolute atomic E-state index is 0.109. The summed E-state index contributed by atoms with van der Waals surface area (Å²) in [6.45, 7) is 9.23. The molecule has 0 atom stereocenters. The summed E-state index contributed by atoms with van der Waals surface area (Å²) in [6.07, 6.45) is 5.66. The van der Waals surface area contributed by atoms with Gasteiger partial charge >= 0.3 is 11.9 Å². The first-order valence-corrected chi connectivity index (χ1v) is 11.2. The molecular formula is C21H38N2O6. The van der Waals surface area contributed by atoms with Gasteiger partial charge in [0.2, 0.25) is 0 Å². The number of ether oxygens (including phenoxy) is 4. The van der Waals surface area contributed by atoms with E-state index in [1.54, 1.807) is 0 Å². The fraction of sp³-hybridized carbons (Fsp3) is 0.905. The molecule has 0 bridgehead atoms. The zero-order valence-corrected chi connectivity index (χ0v) is 17.8. The first kappa shape index (κ1) is 24.1. The third-order valence-corrected chi connectivity index (χ3v) is 5.31. The topological polar surface area (TPSA) is 77.5 Å². The van der Waals surface area contributed by atoms with Crippen LogP contribution in [0.2, 0.25) is 0 Å². The maximum Gasteiger partial charge on any atom is 0.305 e. The van der Waals surface area contributed by atoms with Gasteiger partial charge in [-0.15, -0.1) is 0 Å². The molecule has 2 aliphatic rings. The summed E-state index contributed by atoms with van der Waals surface area (Å²) in [5, 5.41) is 0. The lowest BCUT2D eigenvalue weighted by Gasteiger charge is -2.26. The largest absolute Gasteiger partial charge is 0.464 e. The Bertz CT molecular complexity index is 410. The van der Waals surface area contributed by atoms with Gasteiger partial charge in [0.1, 0.15) is 13.2 Å². The van der Waals surface area contributed by atoms with Gasteiger partial charge in [-0.05, 0) is 12.8 Å². The summed E-state index contributed by atoms with van der Waals surface area (Å²) in [5.41, 5.74) is 0. The molecule has 0 N–H and O–H groups in total. The normalized spacial score (nSPS) is 18.5. The summed E-state index contributed by atoms with van der Waals surface area (Å²) < 4.78 is 21.2. The fourth-order valence-corrected chi connectivity index (χ4v) is 3.44. The molecule has 2 aliphatic heterocycles. The maximum atomic E-state index is 11.7. The van der Waals surface area contributed by atoms with Crippen LogP contribution >= 0.6 is 0 Å². The summed E-state index contributed by atoms with van der Waals surface area (Å²) >= 11 is 0. The van der Waals surface area contributed by atoms with E-state index in [4.69, 9.17) is 18.9 Å². The lowest BCUT2D eigenvalue weighted by atomic mass is 10.1.